The molecule has 0 radical (unpaired) electrons. The van der Waals surface area contributed by atoms with Crippen molar-refractivity contribution in [3.8, 4) is 6.07 Å². The van der Waals surface area contributed by atoms with Crippen LogP contribution in [0.3, 0.4) is 0 Å². The van der Waals surface area contributed by atoms with Gasteiger partial charge in [-0.1, -0.05) is 84.5 Å². The molecule has 0 unspecified atom stereocenters. The van der Waals surface area contributed by atoms with Crippen molar-refractivity contribution in [1.29, 1.82) is 5.26 Å². The summed E-state index contributed by atoms with van der Waals surface area (Å²) in [5, 5.41) is 9.74. The molecule has 0 bridgehead atoms. The van der Waals surface area contributed by atoms with Gasteiger partial charge in [0.2, 0.25) is 0 Å². The maximum atomic E-state index is 9.74. The zero-order valence-electron chi connectivity index (χ0n) is 19.0. The molecule has 2 saturated carbocycles. The topological polar surface area (TPSA) is 33.0 Å². The van der Waals surface area contributed by atoms with Crippen LogP contribution in [0.4, 0.5) is 0 Å². The fourth-order valence-corrected chi connectivity index (χ4v) is 5.44. The second kappa shape index (κ2) is 13.6. The lowest BCUT2D eigenvalue weighted by Crippen LogP contribution is -2.31. The lowest BCUT2D eigenvalue weighted by atomic mass is 9.71. The second-order valence-electron chi connectivity index (χ2n) is 9.97. The highest BCUT2D eigenvalue weighted by atomic mass is 16.5. The van der Waals surface area contributed by atoms with Gasteiger partial charge in [-0.2, -0.15) is 5.26 Å². The number of hydrogen-bond acceptors (Lipinski definition) is 2. The van der Waals surface area contributed by atoms with Gasteiger partial charge in [0.25, 0.3) is 0 Å². The molecule has 0 N–H and O–H groups in total. The van der Waals surface area contributed by atoms with Crippen molar-refractivity contribution in [2.45, 2.75) is 136 Å². The van der Waals surface area contributed by atoms with Crippen LogP contribution < -0.4 is 0 Å². The van der Waals surface area contributed by atoms with Crippen LogP contribution in [0.2, 0.25) is 0 Å². The van der Waals surface area contributed by atoms with E-state index < -0.39 is 0 Å². The number of hydrogen-bond donors (Lipinski definition) is 0. The van der Waals surface area contributed by atoms with Gasteiger partial charge in [-0.25, -0.2) is 0 Å². The van der Waals surface area contributed by atoms with Gasteiger partial charge >= 0.3 is 0 Å². The average Bonchev–Trinajstić information content (AvgIpc) is 2.74. The predicted octanol–water partition coefficient (Wildman–Crippen LogP) is 8.20. The smallest absolute Gasteiger partial charge is 0.0689 e. The molecule has 2 heteroatoms. The predicted molar refractivity (Wildman–Crippen MR) is 119 cm³/mol. The van der Waals surface area contributed by atoms with E-state index in [4.69, 9.17) is 4.74 Å². The molecule has 28 heavy (non-hydrogen) atoms. The molecule has 0 amide bonds. The summed E-state index contributed by atoms with van der Waals surface area (Å²) < 4.78 is 6.34. The maximum Gasteiger partial charge on any atom is 0.0689 e. The summed E-state index contributed by atoms with van der Waals surface area (Å²) in [6.45, 7) is 5.53. The summed E-state index contributed by atoms with van der Waals surface area (Å²) in [6.07, 6.45) is 23.7. The first kappa shape index (κ1) is 23.7. The van der Waals surface area contributed by atoms with Gasteiger partial charge in [0.05, 0.1) is 17.6 Å². The molecule has 2 nitrogen and oxygen atoms in total. The Hall–Kier alpha value is -0.550. The van der Waals surface area contributed by atoms with Gasteiger partial charge in [0, 0.05) is 6.61 Å². The third kappa shape index (κ3) is 8.44. The zero-order valence-corrected chi connectivity index (χ0v) is 19.0. The standard InChI is InChI=1S/C26H47NO/c1-3-5-7-9-11-23-12-14-24(15-13-23)21-28-25-16-19-26(22-27,20-17-25)18-10-8-6-4-2/h23-25H,3-21H2,1-2H3/t23-,24-,25-,26-. The Morgan fingerprint density at radius 3 is 2.00 bits per heavy atom. The van der Waals surface area contributed by atoms with Crippen LogP contribution in [0.15, 0.2) is 0 Å². The lowest BCUT2D eigenvalue weighted by molar-refractivity contribution is -0.0185. The molecule has 162 valence electrons. The summed E-state index contributed by atoms with van der Waals surface area (Å²) in [6, 6.07) is 2.69. The molecule has 0 saturated heterocycles. The summed E-state index contributed by atoms with van der Waals surface area (Å²) in [7, 11) is 0. The summed E-state index contributed by atoms with van der Waals surface area (Å²) in [5.41, 5.74) is -0.0383. The van der Waals surface area contributed by atoms with Crippen LogP contribution in [0.5, 0.6) is 0 Å². The Labute approximate surface area is 175 Å². The van der Waals surface area contributed by atoms with Crippen molar-refractivity contribution in [3.05, 3.63) is 0 Å². The van der Waals surface area contributed by atoms with Crippen LogP contribution in [-0.4, -0.2) is 12.7 Å². The molecule has 2 aliphatic carbocycles. The first-order valence-electron chi connectivity index (χ1n) is 12.7. The highest BCUT2D eigenvalue weighted by molar-refractivity contribution is 5.01. The Balaban J connectivity index is 1.57. The van der Waals surface area contributed by atoms with E-state index in [2.05, 4.69) is 19.9 Å². The van der Waals surface area contributed by atoms with Gasteiger partial charge in [-0.3, -0.25) is 0 Å². The van der Waals surface area contributed by atoms with Crippen molar-refractivity contribution >= 4 is 0 Å². The molecule has 2 rings (SSSR count). The van der Waals surface area contributed by atoms with E-state index in [1.54, 1.807) is 0 Å². The SMILES string of the molecule is CCCCCC[C@H]1CC[C@H](CO[C@H]2CC[C@@](C#N)(CCCCCC)CC2)CC1. The second-order valence-corrected chi connectivity index (χ2v) is 9.97. The number of nitrogens with zero attached hydrogens (tertiary/aromatic N) is 1. The molecule has 0 aliphatic heterocycles. The quantitative estimate of drug-likeness (QED) is 0.297. The van der Waals surface area contributed by atoms with E-state index in [1.165, 1.54) is 83.5 Å². The fraction of sp³-hybridized carbons (Fsp3) is 0.962. The van der Waals surface area contributed by atoms with E-state index in [0.717, 1.165) is 50.5 Å². The number of rotatable bonds is 13. The molecule has 0 atom stereocenters. The van der Waals surface area contributed by atoms with Crippen molar-refractivity contribution in [3.63, 3.8) is 0 Å². The van der Waals surface area contributed by atoms with E-state index in [0.29, 0.717) is 6.10 Å². The van der Waals surface area contributed by atoms with Crippen molar-refractivity contribution < 1.29 is 4.74 Å². The monoisotopic (exact) mass is 389 g/mol. The van der Waals surface area contributed by atoms with Crippen LogP contribution >= 0.6 is 0 Å². The first-order valence-corrected chi connectivity index (χ1v) is 12.7. The van der Waals surface area contributed by atoms with Crippen molar-refractivity contribution in [2.75, 3.05) is 6.61 Å². The van der Waals surface area contributed by atoms with Gasteiger partial charge in [-0.15, -0.1) is 0 Å². The Morgan fingerprint density at radius 1 is 0.786 bits per heavy atom. The first-order chi connectivity index (χ1) is 13.7. The Morgan fingerprint density at radius 2 is 1.39 bits per heavy atom. The largest absolute Gasteiger partial charge is 0.378 e. The number of unbranched alkanes of at least 4 members (excludes halogenated alkanes) is 6. The lowest BCUT2D eigenvalue weighted by Gasteiger charge is -2.36. The van der Waals surface area contributed by atoms with Crippen LogP contribution in [0.1, 0.15) is 129 Å². The molecule has 0 spiro atoms. The van der Waals surface area contributed by atoms with Gasteiger partial charge in [0.15, 0.2) is 0 Å². The molecule has 0 aromatic carbocycles. The summed E-state index contributed by atoms with van der Waals surface area (Å²) >= 11 is 0. The molecule has 2 fully saturated rings. The van der Waals surface area contributed by atoms with E-state index >= 15 is 0 Å². The normalized spacial score (nSPS) is 30.8. The highest BCUT2D eigenvalue weighted by Crippen LogP contribution is 2.41. The summed E-state index contributed by atoms with van der Waals surface area (Å²) in [4.78, 5) is 0. The molecule has 0 aromatic rings. The highest BCUT2D eigenvalue weighted by Gasteiger charge is 2.35. The van der Waals surface area contributed by atoms with Crippen molar-refractivity contribution in [2.24, 2.45) is 17.3 Å². The molecule has 2 aliphatic rings. The minimum absolute atomic E-state index is 0.0383. The number of nitriles is 1. The van der Waals surface area contributed by atoms with Crippen LogP contribution in [0.25, 0.3) is 0 Å². The fourth-order valence-electron chi connectivity index (χ4n) is 5.44. The molecule has 0 aromatic heterocycles. The maximum absolute atomic E-state index is 9.74. The van der Waals surface area contributed by atoms with E-state index in [-0.39, 0.29) is 5.41 Å². The minimum atomic E-state index is -0.0383. The van der Waals surface area contributed by atoms with Gasteiger partial charge in [-0.05, 0) is 56.8 Å². The average molecular weight is 390 g/mol. The molecular weight excluding hydrogens is 342 g/mol. The van der Waals surface area contributed by atoms with E-state index in [1.807, 2.05) is 0 Å². The summed E-state index contributed by atoms with van der Waals surface area (Å²) in [5.74, 6) is 1.79. The zero-order chi connectivity index (χ0) is 20.1. The van der Waals surface area contributed by atoms with Gasteiger partial charge < -0.3 is 4.74 Å². The van der Waals surface area contributed by atoms with Crippen molar-refractivity contribution in [1.82, 2.24) is 0 Å². The molecule has 0 heterocycles. The van der Waals surface area contributed by atoms with Gasteiger partial charge in [0.1, 0.15) is 0 Å². The minimum Gasteiger partial charge on any atom is -0.378 e. The third-order valence-corrected chi connectivity index (χ3v) is 7.64. The number of ether oxygens (including phenoxy) is 1. The Kier molecular flexibility index (Phi) is 11.6. The van der Waals surface area contributed by atoms with Crippen LogP contribution in [0, 0.1) is 28.6 Å². The van der Waals surface area contributed by atoms with E-state index in [9.17, 15) is 5.26 Å². The third-order valence-electron chi connectivity index (χ3n) is 7.64. The van der Waals surface area contributed by atoms with Crippen LogP contribution in [-0.2, 0) is 4.74 Å². The Bertz CT molecular complexity index is 424. The molecular formula is C26H47NO.